The first-order valence-corrected chi connectivity index (χ1v) is 7.06. The molecule has 0 spiro atoms. The lowest BCUT2D eigenvalue weighted by molar-refractivity contribution is 0.100. The average molecular weight is 324 g/mol. The Kier molecular flexibility index (Phi) is 5.12. The average Bonchev–Trinajstić information content (AvgIpc) is 2.39. The van der Waals surface area contributed by atoms with Gasteiger partial charge in [-0.1, -0.05) is 53.6 Å². The number of rotatable bonds is 4. The summed E-state index contributed by atoms with van der Waals surface area (Å²) in [6, 6.07) is 14.2. The van der Waals surface area contributed by atoms with E-state index in [0.717, 1.165) is 5.69 Å². The van der Waals surface area contributed by atoms with Crippen molar-refractivity contribution in [3.05, 3.63) is 64.1 Å². The minimum atomic E-state index is -0.139. The predicted molar refractivity (Wildman–Crippen MR) is 88.1 cm³/mol. The number of anilines is 1. The minimum absolute atomic E-state index is 0.103. The van der Waals surface area contributed by atoms with Crippen molar-refractivity contribution in [3.8, 4) is 0 Å². The number of carbonyl (C=O) groups is 1. The number of benzene rings is 2. The zero-order valence-corrected chi connectivity index (χ0v) is 12.7. The van der Waals surface area contributed by atoms with Crippen LogP contribution in [-0.2, 0) is 0 Å². The van der Waals surface area contributed by atoms with E-state index in [9.17, 15) is 4.79 Å². The van der Waals surface area contributed by atoms with E-state index < -0.39 is 0 Å². The van der Waals surface area contributed by atoms with E-state index in [-0.39, 0.29) is 12.2 Å². The van der Waals surface area contributed by atoms with Gasteiger partial charge in [-0.15, -0.1) is 0 Å². The molecule has 0 unspecified atom stereocenters. The fourth-order valence-corrected chi connectivity index (χ4v) is 2.45. The van der Waals surface area contributed by atoms with Gasteiger partial charge in [0.15, 0.2) is 5.78 Å². The molecule has 0 aliphatic heterocycles. The molecule has 0 aromatic heterocycles. The van der Waals surface area contributed by atoms with Gasteiger partial charge in [0.2, 0.25) is 0 Å². The lowest BCUT2D eigenvalue weighted by Gasteiger charge is -2.08. The minimum Gasteiger partial charge on any atom is -0.350 e. The first kappa shape index (κ1) is 15.0. The summed E-state index contributed by atoms with van der Waals surface area (Å²) >= 11 is 17.0. The van der Waals surface area contributed by atoms with Crippen LogP contribution in [0.3, 0.4) is 0 Å². The van der Waals surface area contributed by atoms with Crippen LogP contribution in [-0.4, -0.2) is 10.8 Å². The Balaban J connectivity index is 2.02. The Bertz CT molecular complexity index is 644. The molecule has 0 aliphatic rings. The van der Waals surface area contributed by atoms with Crippen molar-refractivity contribution < 1.29 is 4.79 Å². The molecule has 2 aromatic carbocycles. The van der Waals surface area contributed by atoms with Crippen LogP contribution in [0.4, 0.5) is 5.69 Å². The van der Waals surface area contributed by atoms with Crippen molar-refractivity contribution in [1.82, 2.24) is 0 Å². The van der Waals surface area contributed by atoms with E-state index in [1.807, 2.05) is 30.3 Å². The van der Waals surface area contributed by atoms with Crippen molar-refractivity contribution >= 4 is 51.9 Å². The maximum Gasteiger partial charge on any atom is 0.171 e. The zero-order chi connectivity index (χ0) is 14.5. The molecule has 0 bridgehead atoms. The van der Waals surface area contributed by atoms with Crippen LogP contribution < -0.4 is 5.32 Å². The van der Waals surface area contributed by atoms with E-state index >= 15 is 0 Å². The Morgan fingerprint density at radius 3 is 2.45 bits per heavy atom. The third-order valence-electron chi connectivity index (χ3n) is 2.61. The quantitative estimate of drug-likeness (QED) is 0.633. The van der Waals surface area contributed by atoms with E-state index in [4.69, 9.17) is 35.4 Å². The van der Waals surface area contributed by atoms with Crippen LogP contribution in [0.1, 0.15) is 16.8 Å². The molecular weight excluding hydrogens is 313 g/mol. The fourth-order valence-electron chi connectivity index (χ4n) is 1.68. The summed E-state index contributed by atoms with van der Waals surface area (Å²) in [5.74, 6) is -0.139. The molecule has 2 nitrogen and oxygen atoms in total. The molecule has 2 aromatic rings. The Hall–Kier alpha value is -1.42. The van der Waals surface area contributed by atoms with Crippen LogP contribution >= 0.6 is 35.4 Å². The SMILES string of the molecule is O=C(CC(=S)Nc1ccccc1)c1ccc(Cl)cc1Cl. The van der Waals surface area contributed by atoms with Crippen molar-refractivity contribution in [3.63, 3.8) is 0 Å². The topological polar surface area (TPSA) is 29.1 Å². The molecular formula is C15H11Cl2NOS. The summed E-state index contributed by atoms with van der Waals surface area (Å²) in [6.45, 7) is 0. The maximum absolute atomic E-state index is 12.1. The third kappa shape index (κ3) is 4.04. The highest BCUT2D eigenvalue weighted by Crippen LogP contribution is 2.22. The molecule has 20 heavy (non-hydrogen) atoms. The third-order valence-corrected chi connectivity index (χ3v) is 3.40. The summed E-state index contributed by atoms with van der Waals surface area (Å²) in [6.07, 6.45) is 0.103. The fraction of sp³-hybridized carbons (Fsp3) is 0.0667. The van der Waals surface area contributed by atoms with Crippen molar-refractivity contribution in [2.75, 3.05) is 5.32 Å². The number of hydrogen-bond acceptors (Lipinski definition) is 2. The molecule has 0 saturated heterocycles. The zero-order valence-electron chi connectivity index (χ0n) is 10.4. The summed E-state index contributed by atoms with van der Waals surface area (Å²) in [4.78, 5) is 12.6. The van der Waals surface area contributed by atoms with Crippen molar-refractivity contribution in [1.29, 1.82) is 0 Å². The highest BCUT2D eigenvalue weighted by atomic mass is 35.5. The Labute approximate surface area is 132 Å². The Morgan fingerprint density at radius 2 is 1.80 bits per heavy atom. The summed E-state index contributed by atoms with van der Waals surface area (Å²) in [7, 11) is 0. The molecule has 0 amide bonds. The molecule has 0 radical (unpaired) electrons. The van der Waals surface area contributed by atoms with Gasteiger partial charge in [-0.25, -0.2) is 0 Å². The second-order valence-corrected chi connectivity index (χ2v) is 5.47. The van der Waals surface area contributed by atoms with E-state index in [1.54, 1.807) is 18.2 Å². The van der Waals surface area contributed by atoms with Gasteiger partial charge < -0.3 is 5.32 Å². The number of halogens is 2. The van der Waals surface area contributed by atoms with Crippen LogP contribution in [0.25, 0.3) is 0 Å². The predicted octanol–water partition coefficient (Wildman–Crippen LogP) is 5.01. The maximum atomic E-state index is 12.1. The highest BCUT2D eigenvalue weighted by molar-refractivity contribution is 7.80. The molecule has 1 N–H and O–H groups in total. The number of nitrogens with one attached hydrogen (secondary N) is 1. The van der Waals surface area contributed by atoms with Gasteiger partial charge in [0.1, 0.15) is 0 Å². The highest BCUT2D eigenvalue weighted by Gasteiger charge is 2.13. The second kappa shape index (κ2) is 6.84. The second-order valence-electron chi connectivity index (χ2n) is 4.14. The van der Waals surface area contributed by atoms with E-state index in [1.165, 1.54) is 0 Å². The molecule has 0 saturated carbocycles. The number of hydrogen-bond donors (Lipinski definition) is 1. The van der Waals surface area contributed by atoms with E-state index in [0.29, 0.717) is 20.6 Å². The summed E-state index contributed by atoms with van der Waals surface area (Å²) in [5.41, 5.74) is 1.28. The van der Waals surface area contributed by atoms with Crippen LogP contribution in [0, 0.1) is 0 Å². The smallest absolute Gasteiger partial charge is 0.171 e. The van der Waals surface area contributed by atoms with Gasteiger partial charge in [-0.3, -0.25) is 4.79 Å². The van der Waals surface area contributed by atoms with Crippen molar-refractivity contribution in [2.24, 2.45) is 0 Å². The molecule has 102 valence electrons. The molecule has 2 rings (SSSR count). The molecule has 5 heteroatoms. The normalized spacial score (nSPS) is 10.1. The lowest BCUT2D eigenvalue weighted by atomic mass is 10.1. The van der Waals surface area contributed by atoms with Crippen LogP contribution in [0.2, 0.25) is 10.0 Å². The van der Waals surface area contributed by atoms with Gasteiger partial charge in [-0.2, -0.15) is 0 Å². The first-order chi connectivity index (χ1) is 9.56. The number of Topliss-reactive ketones (excluding diaryl/α,β-unsaturated/α-hetero) is 1. The summed E-state index contributed by atoms with van der Waals surface area (Å²) < 4.78 is 0. The standard InChI is InChI=1S/C15H11Cl2NOS/c16-10-6-7-12(13(17)8-10)14(19)9-15(20)18-11-4-2-1-3-5-11/h1-8H,9H2,(H,18,20). The lowest BCUT2D eigenvalue weighted by Crippen LogP contribution is -2.14. The van der Waals surface area contributed by atoms with Gasteiger partial charge >= 0.3 is 0 Å². The number of thiocarbonyl (C=S) groups is 1. The van der Waals surface area contributed by atoms with Gasteiger partial charge in [-0.05, 0) is 30.3 Å². The summed E-state index contributed by atoms with van der Waals surface area (Å²) in [5, 5.41) is 3.85. The molecule has 0 atom stereocenters. The van der Waals surface area contributed by atoms with Gasteiger partial charge in [0.05, 0.1) is 16.4 Å². The van der Waals surface area contributed by atoms with Gasteiger partial charge in [0.25, 0.3) is 0 Å². The number of ketones is 1. The largest absolute Gasteiger partial charge is 0.350 e. The Morgan fingerprint density at radius 1 is 1.10 bits per heavy atom. The molecule has 0 fully saturated rings. The number of para-hydroxylation sites is 1. The first-order valence-electron chi connectivity index (χ1n) is 5.89. The van der Waals surface area contributed by atoms with Gasteiger partial charge in [0, 0.05) is 16.3 Å². The van der Waals surface area contributed by atoms with Crippen LogP contribution in [0.15, 0.2) is 48.5 Å². The van der Waals surface area contributed by atoms with Crippen LogP contribution in [0.5, 0.6) is 0 Å². The van der Waals surface area contributed by atoms with Crippen molar-refractivity contribution in [2.45, 2.75) is 6.42 Å². The van der Waals surface area contributed by atoms with E-state index in [2.05, 4.69) is 5.32 Å². The molecule has 0 aliphatic carbocycles. The number of carbonyl (C=O) groups excluding carboxylic acids is 1. The monoisotopic (exact) mass is 323 g/mol. The molecule has 0 heterocycles.